The van der Waals surface area contributed by atoms with E-state index < -0.39 is 40.8 Å². The summed E-state index contributed by atoms with van der Waals surface area (Å²) < 4.78 is 82.6. The number of carbonyl (C=O) groups excluding carboxylic acids is 1. The van der Waals surface area contributed by atoms with Crippen molar-refractivity contribution in [1.29, 1.82) is 0 Å². The molecular weight excluding hydrogens is 464 g/mol. The third kappa shape index (κ3) is 4.95. The maximum absolute atomic E-state index is 13.9. The van der Waals surface area contributed by atoms with E-state index in [1.54, 1.807) is 41.3 Å². The van der Waals surface area contributed by atoms with Crippen LogP contribution in [0.25, 0.3) is 5.69 Å². The van der Waals surface area contributed by atoms with Gasteiger partial charge in [0.2, 0.25) is 0 Å². The number of anilines is 1. The lowest BCUT2D eigenvalue weighted by molar-refractivity contribution is -0.143. The molecule has 4 aromatic rings. The molecule has 4 rings (SSSR count). The van der Waals surface area contributed by atoms with Gasteiger partial charge in [0.05, 0.1) is 29.6 Å². The van der Waals surface area contributed by atoms with E-state index in [1.165, 1.54) is 6.07 Å². The van der Waals surface area contributed by atoms with Crippen molar-refractivity contribution in [3.63, 3.8) is 0 Å². The highest BCUT2D eigenvalue weighted by molar-refractivity contribution is 6.05. The highest BCUT2D eigenvalue weighted by Crippen LogP contribution is 2.35. The first kappa shape index (κ1) is 23.1. The lowest BCUT2D eigenvalue weighted by Crippen LogP contribution is -2.21. The smallest absolute Gasteiger partial charge is 0.322 e. The van der Waals surface area contributed by atoms with Crippen molar-refractivity contribution in [2.75, 3.05) is 5.32 Å². The summed E-state index contributed by atoms with van der Waals surface area (Å²) in [7, 11) is 0. The van der Waals surface area contributed by atoms with Gasteiger partial charge in [-0.3, -0.25) is 9.48 Å². The Balaban J connectivity index is 1.65. The van der Waals surface area contributed by atoms with Gasteiger partial charge in [-0.2, -0.15) is 36.5 Å². The van der Waals surface area contributed by atoms with Crippen LogP contribution < -0.4 is 5.32 Å². The molecule has 1 amide bonds. The maximum Gasteiger partial charge on any atom is 0.434 e. The number of benzene rings is 2. The predicted octanol–water partition coefficient (Wildman–Crippen LogP) is 5.41. The Labute approximate surface area is 188 Å². The molecule has 12 heteroatoms. The molecule has 176 valence electrons. The van der Waals surface area contributed by atoms with Crippen LogP contribution >= 0.6 is 0 Å². The van der Waals surface area contributed by atoms with Gasteiger partial charge in [-0.15, -0.1) is 0 Å². The lowest BCUT2D eigenvalue weighted by atomic mass is 10.1. The fourth-order valence-electron chi connectivity index (χ4n) is 3.32. The van der Waals surface area contributed by atoms with E-state index in [9.17, 15) is 31.1 Å². The molecule has 0 spiro atoms. The SMILES string of the molecule is O=C(Nc1cccc(Cn2cccn2)c1)c1cnn(-c2cccc(C(F)(F)F)c2)c1C(F)(F)F. The van der Waals surface area contributed by atoms with Crippen LogP contribution in [-0.2, 0) is 18.9 Å². The lowest BCUT2D eigenvalue weighted by Gasteiger charge is -2.14. The summed E-state index contributed by atoms with van der Waals surface area (Å²) in [6.07, 6.45) is -5.84. The minimum atomic E-state index is -5.07. The van der Waals surface area contributed by atoms with Crippen LogP contribution in [0.2, 0.25) is 0 Å². The van der Waals surface area contributed by atoms with Gasteiger partial charge in [0.1, 0.15) is 0 Å². The van der Waals surface area contributed by atoms with Crippen LogP contribution in [0.1, 0.15) is 27.2 Å². The Bertz CT molecular complexity index is 1310. The summed E-state index contributed by atoms with van der Waals surface area (Å²) in [6.45, 7) is 0.373. The second kappa shape index (κ2) is 8.69. The molecule has 0 bridgehead atoms. The Morgan fingerprint density at radius 2 is 1.68 bits per heavy atom. The van der Waals surface area contributed by atoms with E-state index in [0.717, 1.165) is 23.8 Å². The van der Waals surface area contributed by atoms with Gasteiger partial charge in [0.25, 0.3) is 5.91 Å². The molecule has 0 fully saturated rings. The number of halogens is 6. The molecule has 34 heavy (non-hydrogen) atoms. The number of aromatic nitrogens is 4. The first-order chi connectivity index (χ1) is 16.0. The summed E-state index contributed by atoms with van der Waals surface area (Å²) in [5.74, 6) is -1.11. The molecule has 2 heterocycles. The zero-order valence-corrected chi connectivity index (χ0v) is 17.1. The van der Waals surface area contributed by atoms with Gasteiger partial charge in [0, 0.05) is 18.1 Å². The molecule has 0 radical (unpaired) electrons. The fourth-order valence-corrected chi connectivity index (χ4v) is 3.32. The number of amides is 1. The molecule has 1 N–H and O–H groups in total. The Morgan fingerprint density at radius 3 is 2.35 bits per heavy atom. The van der Waals surface area contributed by atoms with Gasteiger partial charge in [-0.25, -0.2) is 4.68 Å². The monoisotopic (exact) mass is 479 g/mol. The summed E-state index contributed by atoms with van der Waals surface area (Å²) in [6, 6.07) is 11.4. The molecule has 0 aliphatic rings. The van der Waals surface area contributed by atoms with Crippen molar-refractivity contribution in [2.24, 2.45) is 0 Å². The topological polar surface area (TPSA) is 64.7 Å². The van der Waals surface area contributed by atoms with Crippen LogP contribution in [-0.4, -0.2) is 25.5 Å². The van der Waals surface area contributed by atoms with Crippen molar-refractivity contribution in [2.45, 2.75) is 18.9 Å². The fraction of sp³-hybridized carbons (Fsp3) is 0.136. The quantitative estimate of drug-likeness (QED) is 0.390. The molecule has 0 aliphatic carbocycles. The zero-order chi connectivity index (χ0) is 24.5. The molecule has 0 atom stereocenters. The van der Waals surface area contributed by atoms with E-state index >= 15 is 0 Å². The van der Waals surface area contributed by atoms with Crippen LogP contribution in [0, 0.1) is 0 Å². The van der Waals surface area contributed by atoms with Crippen molar-refractivity contribution in [3.8, 4) is 5.69 Å². The summed E-state index contributed by atoms with van der Waals surface area (Å²) in [5, 5.41) is 10.0. The number of nitrogens with zero attached hydrogens (tertiary/aromatic N) is 4. The van der Waals surface area contributed by atoms with Crippen LogP contribution in [0.15, 0.2) is 73.2 Å². The second-order valence-corrected chi connectivity index (χ2v) is 7.22. The zero-order valence-electron chi connectivity index (χ0n) is 17.1. The van der Waals surface area contributed by atoms with E-state index in [1.807, 2.05) is 0 Å². The van der Waals surface area contributed by atoms with Gasteiger partial charge >= 0.3 is 12.4 Å². The summed E-state index contributed by atoms with van der Waals surface area (Å²) >= 11 is 0. The standard InChI is InChI=1S/C22H15F6N5O/c23-21(24,25)15-5-2-7-17(11-15)33-19(22(26,27)28)18(12-30-33)20(34)31-16-6-1-4-14(10-16)13-32-9-3-8-29-32/h1-12H,13H2,(H,31,34). The molecule has 6 nitrogen and oxygen atoms in total. The second-order valence-electron chi connectivity index (χ2n) is 7.22. The first-order valence-corrected chi connectivity index (χ1v) is 9.73. The average Bonchev–Trinajstić information content (AvgIpc) is 3.43. The van der Waals surface area contributed by atoms with E-state index in [2.05, 4.69) is 15.5 Å². The van der Waals surface area contributed by atoms with Crippen LogP contribution in [0.3, 0.4) is 0 Å². The number of carbonyl (C=O) groups is 1. The van der Waals surface area contributed by atoms with E-state index in [4.69, 9.17) is 0 Å². The van der Waals surface area contributed by atoms with Crippen molar-refractivity contribution < 1.29 is 31.1 Å². The van der Waals surface area contributed by atoms with E-state index in [-0.39, 0.29) is 10.4 Å². The molecule has 0 unspecified atom stereocenters. The van der Waals surface area contributed by atoms with Gasteiger partial charge < -0.3 is 5.32 Å². The average molecular weight is 479 g/mol. The molecule has 2 aromatic carbocycles. The molecular formula is C22H15F6N5O. The largest absolute Gasteiger partial charge is 0.434 e. The Hall–Kier alpha value is -4.09. The Kier molecular flexibility index (Phi) is 5.90. The first-order valence-electron chi connectivity index (χ1n) is 9.73. The molecule has 0 saturated heterocycles. The molecule has 0 aliphatic heterocycles. The highest BCUT2D eigenvalue weighted by atomic mass is 19.4. The predicted molar refractivity (Wildman–Crippen MR) is 109 cm³/mol. The molecule has 0 saturated carbocycles. The number of alkyl halides is 6. The van der Waals surface area contributed by atoms with Crippen molar-refractivity contribution >= 4 is 11.6 Å². The minimum absolute atomic E-state index is 0.231. The van der Waals surface area contributed by atoms with Crippen molar-refractivity contribution in [1.82, 2.24) is 19.6 Å². The third-order valence-corrected chi connectivity index (χ3v) is 4.79. The Morgan fingerprint density at radius 1 is 0.912 bits per heavy atom. The molecule has 2 aromatic heterocycles. The van der Waals surface area contributed by atoms with Gasteiger partial charge in [0.15, 0.2) is 5.69 Å². The van der Waals surface area contributed by atoms with Gasteiger partial charge in [-0.1, -0.05) is 18.2 Å². The highest BCUT2D eigenvalue weighted by Gasteiger charge is 2.41. The minimum Gasteiger partial charge on any atom is -0.322 e. The normalized spacial score (nSPS) is 12.1. The maximum atomic E-state index is 13.9. The van der Waals surface area contributed by atoms with Crippen LogP contribution in [0.5, 0.6) is 0 Å². The third-order valence-electron chi connectivity index (χ3n) is 4.79. The number of nitrogens with one attached hydrogen (secondary N) is 1. The van der Waals surface area contributed by atoms with Gasteiger partial charge in [-0.05, 0) is 42.0 Å². The number of rotatable bonds is 5. The number of hydrogen-bond donors (Lipinski definition) is 1. The van der Waals surface area contributed by atoms with Crippen LogP contribution in [0.4, 0.5) is 32.0 Å². The summed E-state index contributed by atoms with van der Waals surface area (Å²) in [5.41, 5.74) is -2.98. The van der Waals surface area contributed by atoms with Crippen molar-refractivity contribution in [3.05, 3.63) is 95.6 Å². The van der Waals surface area contributed by atoms with E-state index in [0.29, 0.717) is 18.8 Å². The summed E-state index contributed by atoms with van der Waals surface area (Å²) in [4.78, 5) is 12.7. The number of hydrogen-bond acceptors (Lipinski definition) is 3.